The molecule has 3 aromatic carbocycles. The Morgan fingerprint density at radius 1 is 0.900 bits per heavy atom. The molecule has 10 heteroatoms. The van der Waals surface area contributed by atoms with Crippen molar-refractivity contribution in [1.82, 2.24) is 0 Å². The summed E-state index contributed by atoms with van der Waals surface area (Å²) in [6, 6.07) is 15.6. The van der Waals surface area contributed by atoms with Crippen molar-refractivity contribution in [3.63, 3.8) is 0 Å². The van der Waals surface area contributed by atoms with Crippen LogP contribution in [0.4, 0.5) is 17.1 Å². The van der Waals surface area contributed by atoms with Crippen molar-refractivity contribution < 1.29 is 14.6 Å². The smallest absolute Gasteiger partial charge is 0.269 e. The predicted octanol–water partition coefficient (Wildman–Crippen LogP) is 6.36. The topological polar surface area (TPSA) is 108 Å². The van der Waals surface area contributed by atoms with Crippen molar-refractivity contribution in [2.75, 3.05) is 0 Å². The Kier molecular flexibility index (Phi) is 6.91. The molecule has 0 aliphatic heterocycles. The van der Waals surface area contributed by atoms with Crippen LogP contribution in [-0.4, -0.2) is 16.1 Å². The molecule has 0 saturated carbocycles. The number of non-ortho nitro benzene ring substituents is 2. The molecule has 0 spiro atoms. The molecular weight excluding hydrogens is 522 g/mol. The first-order valence-corrected chi connectivity index (χ1v) is 10.1. The van der Waals surface area contributed by atoms with Crippen LogP contribution in [-0.2, 0) is 6.61 Å². The summed E-state index contributed by atoms with van der Waals surface area (Å²) in [5.74, 6) is 0.544. The predicted molar refractivity (Wildman–Crippen MR) is 120 cm³/mol. The van der Waals surface area contributed by atoms with Crippen molar-refractivity contribution in [3.05, 3.63) is 101 Å². The van der Waals surface area contributed by atoms with E-state index in [1.165, 1.54) is 24.3 Å². The summed E-state index contributed by atoms with van der Waals surface area (Å²) < 4.78 is 7.44. The highest BCUT2D eigenvalue weighted by Crippen LogP contribution is 2.33. The van der Waals surface area contributed by atoms with Gasteiger partial charge in [-0.1, -0.05) is 15.9 Å². The maximum absolute atomic E-state index is 10.8. The monoisotopic (exact) mass is 533 g/mol. The van der Waals surface area contributed by atoms with Crippen LogP contribution in [0.1, 0.15) is 11.1 Å². The van der Waals surface area contributed by atoms with Crippen molar-refractivity contribution in [1.29, 1.82) is 0 Å². The Morgan fingerprint density at radius 2 is 1.47 bits per heavy atom. The largest absolute Gasteiger partial charge is 0.487 e. The first kappa shape index (κ1) is 21.6. The van der Waals surface area contributed by atoms with Crippen molar-refractivity contribution in [2.24, 2.45) is 4.99 Å². The minimum absolute atomic E-state index is 0.00808. The Labute approximate surface area is 187 Å². The fraction of sp³-hybridized carbons (Fsp3) is 0.0500. The lowest BCUT2D eigenvalue weighted by Gasteiger charge is -2.12. The molecule has 0 bridgehead atoms. The number of nitrogens with zero attached hydrogens (tertiary/aromatic N) is 3. The summed E-state index contributed by atoms with van der Waals surface area (Å²) in [6.45, 7) is 0.205. The average Bonchev–Trinajstić information content (AvgIpc) is 2.72. The van der Waals surface area contributed by atoms with E-state index in [-0.39, 0.29) is 18.0 Å². The van der Waals surface area contributed by atoms with Gasteiger partial charge in [0.05, 0.1) is 20.0 Å². The van der Waals surface area contributed by atoms with Crippen LogP contribution in [0, 0.1) is 20.2 Å². The van der Waals surface area contributed by atoms with Crippen LogP contribution < -0.4 is 4.74 Å². The fourth-order valence-corrected chi connectivity index (χ4v) is 3.88. The van der Waals surface area contributed by atoms with Crippen LogP contribution in [0.5, 0.6) is 5.75 Å². The number of aliphatic imine (C=N–C) groups is 1. The molecule has 3 aromatic rings. The van der Waals surface area contributed by atoms with Gasteiger partial charge in [-0.25, -0.2) is 0 Å². The van der Waals surface area contributed by atoms with Gasteiger partial charge in [-0.05, 0) is 57.9 Å². The molecule has 0 fully saturated rings. The fourth-order valence-electron chi connectivity index (χ4n) is 2.50. The second-order valence-electron chi connectivity index (χ2n) is 6.05. The summed E-state index contributed by atoms with van der Waals surface area (Å²) in [6.07, 6.45) is 1.60. The van der Waals surface area contributed by atoms with Gasteiger partial charge in [0.1, 0.15) is 12.4 Å². The van der Waals surface area contributed by atoms with Crippen LogP contribution >= 0.6 is 31.9 Å². The molecule has 0 atom stereocenters. The molecule has 0 aromatic heterocycles. The normalized spacial score (nSPS) is 10.9. The SMILES string of the molecule is O=[N+]([O-])c1ccc(COc2c(Br)cc(Br)cc2C=Nc2ccc([N+](=O)[O-])cc2)cc1. The summed E-state index contributed by atoms with van der Waals surface area (Å²) in [5, 5.41) is 21.5. The molecule has 0 amide bonds. The van der Waals surface area contributed by atoms with E-state index in [1.807, 2.05) is 12.1 Å². The van der Waals surface area contributed by atoms with Gasteiger partial charge in [0, 0.05) is 40.5 Å². The molecule has 8 nitrogen and oxygen atoms in total. The van der Waals surface area contributed by atoms with Crippen LogP contribution in [0.15, 0.2) is 74.6 Å². The van der Waals surface area contributed by atoms with Gasteiger partial charge in [0.25, 0.3) is 11.4 Å². The highest BCUT2D eigenvalue weighted by Gasteiger charge is 2.11. The Bertz CT molecular complexity index is 1120. The molecule has 0 aliphatic carbocycles. The van der Waals surface area contributed by atoms with Gasteiger partial charge < -0.3 is 4.74 Å². The molecular formula is C20H13Br2N3O5. The first-order valence-electron chi connectivity index (χ1n) is 8.47. The van der Waals surface area contributed by atoms with E-state index in [0.29, 0.717) is 21.5 Å². The van der Waals surface area contributed by atoms with Crippen molar-refractivity contribution in [3.8, 4) is 5.75 Å². The Morgan fingerprint density at radius 3 is 2.03 bits per heavy atom. The van der Waals surface area contributed by atoms with E-state index in [4.69, 9.17) is 4.74 Å². The Hall–Kier alpha value is -3.11. The molecule has 30 heavy (non-hydrogen) atoms. The first-order chi connectivity index (χ1) is 14.3. The summed E-state index contributed by atoms with van der Waals surface area (Å²) in [7, 11) is 0. The summed E-state index contributed by atoms with van der Waals surface area (Å²) in [4.78, 5) is 25.0. The van der Waals surface area contributed by atoms with E-state index in [2.05, 4.69) is 36.9 Å². The zero-order chi connectivity index (χ0) is 21.7. The van der Waals surface area contributed by atoms with E-state index >= 15 is 0 Å². The second kappa shape index (κ2) is 9.59. The number of hydrogen-bond donors (Lipinski definition) is 0. The molecule has 0 aliphatic rings. The Balaban J connectivity index is 1.81. The van der Waals surface area contributed by atoms with E-state index in [9.17, 15) is 20.2 Å². The lowest BCUT2D eigenvalue weighted by molar-refractivity contribution is -0.385. The molecule has 0 unspecified atom stereocenters. The maximum atomic E-state index is 10.8. The highest BCUT2D eigenvalue weighted by molar-refractivity contribution is 9.11. The summed E-state index contributed by atoms with van der Waals surface area (Å²) in [5.41, 5.74) is 2.01. The molecule has 152 valence electrons. The quantitative estimate of drug-likeness (QED) is 0.199. The number of nitro benzene ring substituents is 2. The molecule has 0 N–H and O–H groups in total. The number of nitro groups is 2. The number of hydrogen-bond acceptors (Lipinski definition) is 6. The van der Waals surface area contributed by atoms with Crippen molar-refractivity contribution >= 4 is 55.1 Å². The van der Waals surface area contributed by atoms with E-state index in [1.54, 1.807) is 30.5 Å². The second-order valence-corrected chi connectivity index (χ2v) is 7.82. The lowest BCUT2D eigenvalue weighted by Crippen LogP contribution is -2.00. The number of benzene rings is 3. The van der Waals surface area contributed by atoms with Crippen LogP contribution in [0.3, 0.4) is 0 Å². The summed E-state index contributed by atoms with van der Waals surface area (Å²) >= 11 is 6.90. The highest BCUT2D eigenvalue weighted by atomic mass is 79.9. The van der Waals surface area contributed by atoms with Gasteiger partial charge in [-0.15, -0.1) is 0 Å². The van der Waals surface area contributed by atoms with E-state index in [0.717, 1.165) is 10.0 Å². The third-order valence-corrected chi connectivity index (χ3v) is 5.03. The standard InChI is InChI=1S/C20H13Br2N3O5/c21-15-9-14(11-23-16-3-7-18(8-4-16)25(28)29)20(19(22)10-15)30-12-13-1-5-17(6-2-13)24(26)27/h1-11H,12H2. The van der Waals surface area contributed by atoms with Gasteiger partial charge >= 0.3 is 0 Å². The molecule has 0 radical (unpaired) electrons. The van der Waals surface area contributed by atoms with Gasteiger partial charge in [-0.3, -0.25) is 25.2 Å². The number of rotatable bonds is 7. The molecule has 3 rings (SSSR count). The lowest BCUT2D eigenvalue weighted by atomic mass is 10.2. The average molecular weight is 535 g/mol. The minimum Gasteiger partial charge on any atom is -0.487 e. The van der Waals surface area contributed by atoms with Gasteiger partial charge in [0.2, 0.25) is 0 Å². The minimum atomic E-state index is -0.469. The molecule has 0 heterocycles. The zero-order valence-electron chi connectivity index (χ0n) is 15.2. The zero-order valence-corrected chi connectivity index (χ0v) is 18.4. The number of halogens is 2. The number of ether oxygens (including phenoxy) is 1. The van der Waals surface area contributed by atoms with Gasteiger partial charge in [0.15, 0.2) is 0 Å². The molecule has 0 saturated heterocycles. The maximum Gasteiger partial charge on any atom is 0.269 e. The third kappa shape index (κ3) is 5.49. The third-order valence-electron chi connectivity index (χ3n) is 3.98. The van der Waals surface area contributed by atoms with Crippen LogP contribution in [0.25, 0.3) is 0 Å². The van der Waals surface area contributed by atoms with E-state index < -0.39 is 9.85 Å². The van der Waals surface area contributed by atoms with Gasteiger partial charge in [-0.2, -0.15) is 0 Å². The van der Waals surface area contributed by atoms with Crippen LogP contribution in [0.2, 0.25) is 0 Å². The van der Waals surface area contributed by atoms with Crippen molar-refractivity contribution in [2.45, 2.75) is 6.61 Å².